The minimum Gasteiger partial charge on any atom is -0.456 e. The molecule has 0 bridgehead atoms. The van der Waals surface area contributed by atoms with Gasteiger partial charge in [0.1, 0.15) is 22.3 Å². The predicted molar refractivity (Wildman–Crippen MR) is 316 cm³/mol. The first-order valence-corrected chi connectivity index (χ1v) is 26.2. The van der Waals surface area contributed by atoms with Crippen molar-refractivity contribution in [3.63, 3.8) is 0 Å². The maximum absolute atomic E-state index is 6.18. The molecule has 2 aliphatic rings. The molecule has 0 N–H and O–H groups in total. The lowest BCUT2D eigenvalue weighted by Crippen LogP contribution is -2.28. The van der Waals surface area contributed by atoms with E-state index in [4.69, 9.17) is 8.83 Å². The van der Waals surface area contributed by atoms with Crippen molar-refractivity contribution in [3.8, 4) is 50.2 Å². The number of benzene rings is 11. The zero-order chi connectivity index (χ0) is 49.8. The van der Waals surface area contributed by atoms with Gasteiger partial charge in [-0.25, -0.2) is 0 Å². The molecule has 4 heteroatoms. The molecule has 356 valence electrons. The van der Waals surface area contributed by atoms with E-state index in [0.29, 0.717) is 0 Å². The van der Waals surface area contributed by atoms with Gasteiger partial charge in [0.05, 0.1) is 17.1 Å². The van der Waals surface area contributed by atoms with Gasteiger partial charge in [0, 0.05) is 55.3 Å². The van der Waals surface area contributed by atoms with Gasteiger partial charge in [0.15, 0.2) is 0 Å². The molecule has 0 radical (unpaired) electrons. The van der Waals surface area contributed by atoms with E-state index in [1.165, 1.54) is 77.6 Å². The summed E-state index contributed by atoms with van der Waals surface area (Å²) in [5.41, 5.74) is 22.7. The quantitative estimate of drug-likeness (QED) is 0.160. The summed E-state index contributed by atoms with van der Waals surface area (Å²) in [7, 11) is 0. The lowest BCUT2D eigenvalue weighted by atomic mass is 9.86. The first-order chi connectivity index (χ1) is 37.6. The number of anilines is 2. The van der Waals surface area contributed by atoms with E-state index in [1.54, 1.807) is 0 Å². The van der Waals surface area contributed by atoms with Crippen molar-refractivity contribution in [2.75, 3.05) is 4.90 Å². The Morgan fingerprint density at radius 2 is 0.803 bits per heavy atom. The van der Waals surface area contributed by atoms with Gasteiger partial charge in [-0.05, 0) is 146 Å². The second-order valence-electron chi connectivity index (χ2n) is 20.4. The van der Waals surface area contributed by atoms with E-state index >= 15 is 0 Å². The summed E-state index contributed by atoms with van der Waals surface area (Å²) in [6, 6.07) is 90.5. The smallest absolute Gasteiger partial charge is 0.135 e. The maximum Gasteiger partial charge on any atom is 0.135 e. The van der Waals surface area contributed by atoms with Gasteiger partial charge in [-0.15, -0.1) is 0 Å². The topological polar surface area (TPSA) is 34.5 Å². The largest absolute Gasteiger partial charge is 0.456 e. The Hall–Kier alpha value is -9.90. The van der Waals surface area contributed by atoms with Crippen molar-refractivity contribution in [1.29, 1.82) is 0 Å². The van der Waals surface area contributed by atoms with Crippen LogP contribution in [0.15, 0.2) is 276 Å². The first-order valence-electron chi connectivity index (χ1n) is 26.2. The Bertz CT molecular complexity index is 4690. The van der Waals surface area contributed by atoms with Crippen molar-refractivity contribution < 1.29 is 8.83 Å². The molecule has 0 saturated heterocycles. The van der Waals surface area contributed by atoms with Gasteiger partial charge in [0.2, 0.25) is 0 Å². The molecular weight excluding hydrogens is 925 g/mol. The molecule has 0 amide bonds. The minimum atomic E-state index is 0.116. The molecular formula is C72H46N2O2. The maximum atomic E-state index is 6.18. The number of para-hydroxylation sites is 2. The van der Waals surface area contributed by atoms with Gasteiger partial charge in [0.25, 0.3) is 0 Å². The third-order valence-corrected chi connectivity index (χ3v) is 16.2. The molecule has 2 atom stereocenters. The monoisotopic (exact) mass is 970 g/mol. The fourth-order valence-corrected chi connectivity index (χ4v) is 12.4. The number of hydrogen-bond acceptors (Lipinski definition) is 3. The summed E-state index contributed by atoms with van der Waals surface area (Å²) in [6.07, 6.45) is 7.21. The molecule has 1 aliphatic heterocycles. The van der Waals surface area contributed by atoms with Gasteiger partial charge in [-0.1, -0.05) is 182 Å². The zero-order valence-corrected chi connectivity index (χ0v) is 41.3. The Morgan fingerprint density at radius 3 is 1.46 bits per heavy atom. The summed E-state index contributed by atoms with van der Waals surface area (Å²) in [5.74, 6) is 0.174. The minimum absolute atomic E-state index is 0.116. The molecule has 76 heavy (non-hydrogen) atoms. The van der Waals surface area contributed by atoms with Crippen LogP contribution in [0.1, 0.15) is 17.0 Å². The number of fused-ring (bicyclic) bond motifs is 12. The summed E-state index contributed by atoms with van der Waals surface area (Å²) in [4.78, 5) is 2.56. The molecule has 3 aromatic heterocycles. The number of rotatable bonds is 7. The summed E-state index contributed by atoms with van der Waals surface area (Å²) < 4.78 is 14.8. The number of furan rings is 2. The molecule has 4 nitrogen and oxygen atoms in total. The SMILES string of the molecule is C1=CC2C(C=C1c1ccccc1)c1ccc(-c3ccc4c5cc(-c6ccccc6)ccc5n(-c5ccc(-c6ccc7oc8ccccc8c7c6)cc5)c4c3)cc1N2c1ccc(-c2ccc3oc4ccccc4c3c2)cc1. The van der Waals surface area contributed by atoms with Crippen molar-refractivity contribution in [2.45, 2.75) is 12.0 Å². The normalized spacial score (nSPS) is 15.1. The van der Waals surface area contributed by atoms with Crippen LogP contribution in [0, 0.1) is 0 Å². The summed E-state index contributed by atoms with van der Waals surface area (Å²) in [5, 5.41) is 6.98. The van der Waals surface area contributed by atoms with E-state index in [1.807, 2.05) is 24.3 Å². The van der Waals surface area contributed by atoms with E-state index in [0.717, 1.165) is 66.4 Å². The highest BCUT2D eigenvalue weighted by atomic mass is 16.3. The Labute approximate surface area is 438 Å². The molecule has 11 aromatic carbocycles. The van der Waals surface area contributed by atoms with Crippen molar-refractivity contribution in [3.05, 3.63) is 278 Å². The molecule has 4 heterocycles. The van der Waals surface area contributed by atoms with Crippen molar-refractivity contribution >= 4 is 82.6 Å². The van der Waals surface area contributed by atoms with Crippen molar-refractivity contribution in [2.24, 2.45) is 0 Å². The van der Waals surface area contributed by atoms with Gasteiger partial charge < -0.3 is 18.3 Å². The molecule has 14 aromatic rings. The van der Waals surface area contributed by atoms with Crippen LogP contribution < -0.4 is 4.90 Å². The summed E-state index contributed by atoms with van der Waals surface area (Å²) >= 11 is 0. The van der Waals surface area contributed by atoms with Crippen LogP contribution in [0.4, 0.5) is 11.4 Å². The molecule has 0 saturated carbocycles. The second-order valence-corrected chi connectivity index (χ2v) is 20.4. The first kappa shape index (κ1) is 42.6. The molecule has 16 rings (SSSR count). The molecule has 1 aliphatic carbocycles. The van der Waals surface area contributed by atoms with E-state index in [-0.39, 0.29) is 12.0 Å². The van der Waals surface area contributed by atoms with Crippen LogP contribution in [0.5, 0.6) is 0 Å². The fourth-order valence-electron chi connectivity index (χ4n) is 12.4. The lowest BCUT2D eigenvalue weighted by molar-refractivity contribution is 0.668. The molecule has 0 fully saturated rings. The number of aromatic nitrogens is 1. The number of nitrogens with zero attached hydrogens (tertiary/aromatic N) is 2. The third-order valence-electron chi connectivity index (χ3n) is 16.2. The van der Waals surface area contributed by atoms with Crippen molar-refractivity contribution in [1.82, 2.24) is 4.57 Å². The predicted octanol–water partition coefficient (Wildman–Crippen LogP) is 19.5. The van der Waals surface area contributed by atoms with E-state index in [9.17, 15) is 0 Å². The fraction of sp³-hybridized carbons (Fsp3) is 0.0278. The summed E-state index contributed by atoms with van der Waals surface area (Å²) in [6.45, 7) is 0. The lowest BCUT2D eigenvalue weighted by Gasteiger charge is -2.30. The van der Waals surface area contributed by atoms with Crippen LogP contribution >= 0.6 is 0 Å². The van der Waals surface area contributed by atoms with Crippen LogP contribution in [-0.4, -0.2) is 10.6 Å². The molecule has 0 spiro atoms. The number of allylic oxidation sites excluding steroid dienone is 2. The number of hydrogen-bond donors (Lipinski definition) is 0. The van der Waals surface area contributed by atoms with E-state index < -0.39 is 0 Å². The van der Waals surface area contributed by atoms with Crippen LogP contribution in [-0.2, 0) is 0 Å². The zero-order valence-electron chi connectivity index (χ0n) is 41.3. The van der Waals surface area contributed by atoms with Crippen LogP contribution in [0.25, 0.3) is 121 Å². The Kier molecular flexibility index (Phi) is 9.43. The standard InChI is InChI=1S/C72H46N2O2/c1-3-11-45(12-4-1)49-25-35-65-61(39-49)57-33-23-53(43-67(57)73(65)55-29-19-47(20-30-55)51-27-37-71-63(41-51)59-15-7-9-17-69(59)75-71)54-24-34-58-62-40-50(46-13-5-2-6-14-46)26-36-66(62)74(68(58)44-54)56-31-21-48(22-32-56)52-28-38-72-64(42-52)60-16-8-10-18-70(60)76-72/h1-44,61,65H. The van der Waals surface area contributed by atoms with Gasteiger partial charge in [-0.2, -0.15) is 0 Å². The van der Waals surface area contributed by atoms with Crippen LogP contribution in [0.2, 0.25) is 0 Å². The average Bonchev–Trinajstić information content (AvgIpc) is 4.24. The average molecular weight is 971 g/mol. The highest BCUT2D eigenvalue weighted by Gasteiger charge is 2.39. The van der Waals surface area contributed by atoms with E-state index in [2.05, 4.69) is 252 Å². The second kappa shape index (κ2) is 16.8. The Balaban J connectivity index is 0.813. The van der Waals surface area contributed by atoms with Gasteiger partial charge in [-0.3, -0.25) is 0 Å². The van der Waals surface area contributed by atoms with Gasteiger partial charge >= 0.3 is 0 Å². The highest BCUT2D eigenvalue weighted by Crippen LogP contribution is 2.51. The highest BCUT2D eigenvalue weighted by molar-refractivity contribution is 6.12. The molecule has 2 unspecified atom stereocenters. The Morgan fingerprint density at radius 1 is 0.316 bits per heavy atom. The van der Waals surface area contributed by atoms with Crippen LogP contribution in [0.3, 0.4) is 0 Å². The third kappa shape index (κ3) is 6.77.